The highest BCUT2D eigenvalue weighted by Gasteiger charge is 2.46. The van der Waals surface area contributed by atoms with Crippen molar-refractivity contribution in [3.63, 3.8) is 0 Å². The molecule has 12 nitrogen and oxygen atoms in total. The molecule has 0 amide bonds. The molecular weight excluding hydrogens is 753 g/mol. The average molecular weight is 835 g/mol. The Morgan fingerprint density at radius 3 is 1.47 bits per heavy atom. The first kappa shape index (κ1) is 53.4. The van der Waals surface area contributed by atoms with Crippen molar-refractivity contribution in [1.82, 2.24) is 0 Å². The first-order valence-electron chi connectivity index (χ1n) is 22.7. The van der Waals surface area contributed by atoms with Crippen LogP contribution in [0.3, 0.4) is 0 Å². The summed E-state index contributed by atoms with van der Waals surface area (Å²) in [5, 5.41) is 30.8. The Labute approximate surface area is 346 Å². The van der Waals surface area contributed by atoms with Crippen molar-refractivity contribution < 1.29 is 56.8 Å². The maximum atomic E-state index is 12.8. The maximum absolute atomic E-state index is 12.8. The van der Waals surface area contributed by atoms with Gasteiger partial charge in [-0.05, 0) is 38.5 Å². The number of carbonyl (C=O) groups is 2. The second-order valence-electron chi connectivity index (χ2n) is 16.1. The molecule has 13 heteroatoms. The van der Waals surface area contributed by atoms with E-state index >= 15 is 0 Å². The van der Waals surface area contributed by atoms with Crippen LogP contribution in [0.4, 0.5) is 0 Å². The molecule has 0 spiro atoms. The normalized spacial score (nSPS) is 20.6. The van der Waals surface area contributed by atoms with Gasteiger partial charge in [0.2, 0.25) is 0 Å². The molecule has 0 saturated carbocycles. The van der Waals surface area contributed by atoms with Gasteiger partial charge in [-0.3, -0.25) is 14.1 Å². The average Bonchev–Trinajstić information content (AvgIpc) is 3.17. The number of allylic oxidation sites excluding steroid dienone is 2. The third kappa shape index (κ3) is 30.1. The summed E-state index contributed by atoms with van der Waals surface area (Å²) in [6.45, 7) is 3.75. The van der Waals surface area contributed by atoms with Crippen LogP contribution in [0.2, 0.25) is 0 Å². The lowest BCUT2D eigenvalue weighted by molar-refractivity contribution is -0.297. The van der Waals surface area contributed by atoms with E-state index < -0.39 is 71.2 Å². The molecule has 1 heterocycles. The van der Waals surface area contributed by atoms with E-state index in [-0.39, 0.29) is 19.4 Å². The Hall–Kier alpha value is -1.61. The molecule has 2 unspecified atom stereocenters. The molecule has 0 aromatic rings. The fourth-order valence-corrected chi connectivity index (χ4v) is 7.72. The number of aliphatic hydroxyl groups excluding tert-OH is 3. The predicted molar refractivity (Wildman–Crippen MR) is 224 cm³/mol. The van der Waals surface area contributed by atoms with E-state index in [0.717, 1.165) is 44.9 Å². The van der Waals surface area contributed by atoms with Gasteiger partial charge < -0.3 is 34.3 Å². The third-order valence-electron chi connectivity index (χ3n) is 10.6. The summed E-state index contributed by atoms with van der Waals surface area (Å²) < 4.78 is 54.0. The zero-order valence-electron chi connectivity index (χ0n) is 35.7. The molecule has 1 aliphatic rings. The van der Waals surface area contributed by atoms with E-state index in [1.54, 1.807) is 0 Å². The molecule has 0 aromatic carbocycles. The van der Waals surface area contributed by atoms with E-state index in [1.165, 1.54) is 116 Å². The molecule has 4 N–H and O–H groups in total. The van der Waals surface area contributed by atoms with Crippen LogP contribution in [-0.2, 0) is 38.7 Å². The SMILES string of the molecule is CCCCCCCC/C=C/CCCCCC(=O)O[C@H](COC(=O)CCCCCCCCCCCCCCCCCC)CO[C@H]1O[C@H](CS(=O)(=O)O)[C@@H](O)C(O)C1O. The second kappa shape index (κ2) is 35.2. The maximum Gasteiger partial charge on any atom is 0.306 e. The number of unbranched alkanes of at least 4 members (excludes halogenated alkanes) is 24. The number of esters is 2. The smallest absolute Gasteiger partial charge is 0.306 e. The summed E-state index contributed by atoms with van der Waals surface area (Å²) in [7, 11) is -4.60. The minimum Gasteiger partial charge on any atom is -0.462 e. The van der Waals surface area contributed by atoms with Crippen molar-refractivity contribution in [1.29, 1.82) is 0 Å². The number of hydrogen-bond donors (Lipinski definition) is 4. The standard InChI is InChI=1S/C44H82O12S/c1-3-5-7-9-11-13-15-17-18-19-21-22-24-26-28-30-32-39(45)53-34-37(35-54-44-43(49)42(48)41(47)38(56-44)36-57(50,51)52)55-40(46)33-31-29-27-25-23-20-16-14-12-10-8-6-4-2/h20,23,37-38,41-44,47-49H,3-19,21-22,24-36H2,1-2H3,(H,50,51,52)/b23-20+/t37-,38-,41-,42?,43?,44+/m1/s1. The second-order valence-corrected chi connectivity index (χ2v) is 17.6. The largest absolute Gasteiger partial charge is 0.462 e. The lowest BCUT2D eigenvalue weighted by Crippen LogP contribution is -2.60. The number of carbonyl (C=O) groups excluding carboxylic acids is 2. The molecule has 0 aromatic heterocycles. The Morgan fingerprint density at radius 2 is 1.00 bits per heavy atom. The quantitative estimate of drug-likeness (QED) is 0.0200. The Bertz CT molecular complexity index is 1120. The van der Waals surface area contributed by atoms with Crippen molar-refractivity contribution in [2.75, 3.05) is 19.0 Å². The highest BCUT2D eigenvalue weighted by atomic mass is 32.2. The Morgan fingerprint density at radius 1 is 0.579 bits per heavy atom. The molecular formula is C44H82O12S. The minimum atomic E-state index is -4.60. The fraction of sp³-hybridized carbons (Fsp3) is 0.909. The van der Waals surface area contributed by atoms with Gasteiger partial charge in [-0.25, -0.2) is 0 Å². The van der Waals surface area contributed by atoms with Gasteiger partial charge in [0.1, 0.15) is 36.8 Å². The van der Waals surface area contributed by atoms with Gasteiger partial charge in [-0.2, -0.15) is 8.42 Å². The van der Waals surface area contributed by atoms with Crippen LogP contribution in [0.25, 0.3) is 0 Å². The number of aliphatic hydroxyl groups is 3. The minimum absolute atomic E-state index is 0.148. The van der Waals surface area contributed by atoms with Gasteiger partial charge >= 0.3 is 11.9 Å². The highest BCUT2D eigenvalue weighted by molar-refractivity contribution is 7.85. The Balaban J connectivity index is 2.44. The monoisotopic (exact) mass is 835 g/mol. The van der Waals surface area contributed by atoms with E-state index in [9.17, 15) is 37.9 Å². The third-order valence-corrected chi connectivity index (χ3v) is 11.3. The van der Waals surface area contributed by atoms with Crippen LogP contribution in [0.1, 0.15) is 200 Å². The van der Waals surface area contributed by atoms with Crippen molar-refractivity contribution in [2.24, 2.45) is 0 Å². The van der Waals surface area contributed by atoms with Crippen molar-refractivity contribution in [3.8, 4) is 0 Å². The van der Waals surface area contributed by atoms with Gasteiger partial charge in [-0.15, -0.1) is 0 Å². The molecule has 6 atom stereocenters. The van der Waals surface area contributed by atoms with E-state index in [4.69, 9.17) is 18.9 Å². The molecule has 1 aliphatic heterocycles. The van der Waals surface area contributed by atoms with Gasteiger partial charge in [0.25, 0.3) is 10.1 Å². The van der Waals surface area contributed by atoms with Gasteiger partial charge in [0, 0.05) is 12.8 Å². The van der Waals surface area contributed by atoms with Crippen LogP contribution in [0.5, 0.6) is 0 Å². The van der Waals surface area contributed by atoms with Gasteiger partial charge in [0.05, 0.1) is 6.61 Å². The van der Waals surface area contributed by atoms with E-state index in [2.05, 4.69) is 26.0 Å². The van der Waals surface area contributed by atoms with E-state index in [1.807, 2.05) is 0 Å². The molecule has 0 aliphatic carbocycles. The fourth-order valence-electron chi connectivity index (χ4n) is 7.02. The summed E-state index contributed by atoms with van der Waals surface area (Å²) in [6.07, 6.45) is 26.9. The predicted octanol–water partition coefficient (Wildman–Crippen LogP) is 9.06. The van der Waals surface area contributed by atoms with Crippen LogP contribution in [-0.4, -0.2) is 96.0 Å². The summed E-state index contributed by atoms with van der Waals surface area (Å²) >= 11 is 0. The molecule has 0 bridgehead atoms. The molecule has 57 heavy (non-hydrogen) atoms. The summed E-state index contributed by atoms with van der Waals surface area (Å²) in [5.74, 6) is -1.99. The van der Waals surface area contributed by atoms with Crippen molar-refractivity contribution >= 4 is 22.1 Å². The van der Waals surface area contributed by atoms with Crippen LogP contribution in [0, 0.1) is 0 Å². The van der Waals surface area contributed by atoms with Crippen molar-refractivity contribution in [3.05, 3.63) is 12.2 Å². The first-order valence-corrected chi connectivity index (χ1v) is 24.4. The molecule has 1 saturated heterocycles. The summed E-state index contributed by atoms with van der Waals surface area (Å²) in [6, 6.07) is 0. The summed E-state index contributed by atoms with van der Waals surface area (Å²) in [4.78, 5) is 25.4. The zero-order valence-corrected chi connectivity index (χ0v) is 36.5. The van der Waals surface area contributed by atoms with Gasteiger partial charge in [0.15, 0.2) is 12.4 Å². The molecule has 336 valence electrons. The van der Waals surface area contributed by atoms with Crippen LogP contribution >= 0.6 is 0 Å². The first-order chi connectivity index (χ1) is 27.5. The lowest BCUT2D eigenvalue weighted by Gasteiger charge is -2.40. The number of ether oxygens (including phenoxy) is 4. The highest BCUT2D eigenvalue weighted by Crippen LogP contribution is 2.24. The van der Waals surface area contributed by atoms with Crippen LogP contribution in [0.15, 0.2) is 12.2 Å². The number of hydrogen-bond acceptors (Lipinski definition) is 11. The van der Waals surface area contributed by atoms with Crippen molar-refractivity contribution in [2.45, 2.75) is 237 Å². The summed E-state index contributed by atoms with van der Waals surface area (Å²) in [5.41, 5.74) is 0. The van der Waals surface area contributed by atoms with Crippen LogP contribution < -0.4 is 0 Å². The van der Waals surface area contributed by atoms with Gasteiger partial charge in [-0.1, -0.05) is 161 Å². The van der Waals surface area contributed by atoms with E-state index in [0.29, 0.717) is 12.8 Å². The molecule has 1 fully saturated rings. The molecule has 1 rings (SSSR count). The Kier molecular flexibility index (Phi) is 33.0. The molecule has 0 radical (unpaired) electrons. The zero-order chi connectivity index (χ0) is 42.0. The number of rotatable bonds is 38. The topological polar surface area (TPSA) is 186 Å². The lowest BCUT2D eigenvalue weighted by atomic mass is 10.00.